The molecule has 1 unspecified atom stereocenters. The predicted octanol–water partition coefficient (Wildman–Crippen LogP) is 2.97. The first-order chi connectivity index (χ1) is 14.7. The molecule has 1 saturated heterocycles. The van der Waals surface area contributed by atoms with Crippen LogP contribution in [0.5, 0.6) is 0 Å². The highest BCUT2D eigenvalue weighted by atomic mass is 32.2. The Labute approximate surface area is 180 Å². The molecule has 0 bridgehead atoms. The standard InChI is InChI=1S/C21H22N6OS2/c22-30(28)17-3-1-2-15(10-17)25-21-24-12-14-4-5-19-18(20(14)26-21)11-16(29-19)13-27-8-6-23-7-9-27/h1-5,10-12,23H,6-9,13,22H2,(H,24,25,26). The van der Waals surface area contributed by atoms with E-state index in [9.17, 15) is 4.21 Å². The second-order valence-electron chi connectivity index (χ2n) is 7.30. The van der Waals surface area contributed by atoms with Gasteiger partial charge in [-0.2, -0.15) is 0 Å². The maximum Gasteiger partial charge on any atom is 0.227 e. The number of nitrogens with one attached hydrogen (secondary N) is 2. The summed E-state index contributed by atoms with van der Waals surface area (Å²) in [7, 11) is -1.53. The zero-order chi connectivity index (χ0) is 20.5. The zero-order valence-electron chi connectivity index (χ0n) is 16.3. The molecule has 5 rings (SSSR count). The quantitative estimate of drug-likeness (QED) is 0.443. The lowest BCUT2D eigenvalue weighted by molar-refractivity contribution is 0.235. The molecule has 0 amide bonds. The van der Waals surface area contributed by atoms with Gasteiger partial charge in [0.15, 0.2) is 0 Å². The number of hydrogen-bond donors (Lipinski definition) is 3. The van der Waals surface area contributed by atoms with E-state index in [0.29, 0.717) is 10.8 Å². The minimum absolute atomic E-state index is 0.504. The van der Waals surface area contributed by atoms with Gasteiger partial charge in [-0.25, -0.2) is 19.3 Å². The molecular weight excluding hydrogens is 416 g/mol. The Morgan fingerprint density at radius 3 is 2.90 bits per heavy atom. The van der Waals surface area contributed by atoms with Crippen LogP contribution in [0.3, 0.4) is 0 Å². The average molecular weight is 439 g/mol. The van der Waals surface area contributed by atoms with E-state index in [1.807, 2.05) is 29.7 Å². The van der Waals surface area contributed by atoms with Crippen molar-refractivity contribution in [2.75, 3.05) is 31.5 Å². The number of aromatic nitrogens is 2. The molecule has 2 aromatic heterocycles. The summed E-state index contributed by atoms with van der Waals surface area (Å²) in [6.07, 6.45) is 1.84. The van der Waals surface area contributed by atoms with Gasteiger partial charge in [-0.05, 0) is 36.4 Å². The summed E-state index contributed by atoms with van der Waals surface area (Å²) in [5, 5.41) is 14.3. The van der Waals surface area contributed by atoms with Crippen LogP contribution >= 0.6 is 11.3 Å². The highest BCUT2D eigenvalue weighted by Gasteiger charge is 2.14. The molecule has 0 spiro atoms. The van der Waals surface area contributed by atoms with E-state index in [1.165, 1.54) is 9.58 Å². The number of thiophene rings is 1. The summed E-state index contributed by atoms with van der Waals surface area (Å²) in [4.78, 5) is 13.6. The highest BCUT2D eigenvalue weighted by molar-refractivity contribution is 7.82. The predicted molar refractivity (Wildman–Crippen MR) is 123 cm³/mol. The van der Waals surface area contributed by atoms with Crippen molar-refractivity contribution < 1.29 is 4.21 Å². The maximum absolute atomic E-state index is 11.5. The van der Waals surface area contributed by atoms with Crippen LogP contribution in [0.25, 0.3) is 21.0 Å². The Morgan fingerprint density at radius 2 is 2.07 bits per heavy atom. The van der Waals surface area contributed by atoms with Crippen LogP contribution in [-0.2, 0) is 17.5 Å². The minimum Gasteiger partial charge on any atom is -0.324 e. The molecule has 1 aliphatic heterocycles. The van der Waals surface area contributed by atoms with Crippen LogP contribution in [0.1, 0.15) is 4.88 Å². The van der Waals surface area contributed by atoms with Crippen molar-refractivity contribution in [2.45, 2.75) is 11.4 Å². The number of anilines is 2. The number of nitrogens with zero attached hydrogens (tertiary/aromatic N) is 3. The second kappa shape index (κ2) is 8.37. The van der Waals surface area contributed by atoms with E-state index >= 15 is 0 Å². The van der Waals surface area contributed by atoms with Crippen LogP contribution in [0.15, 0.2) is 53.6 Å². The molecule has 0 saturated carbocycles. The monoisotopic (exact) mass is 438 g/mol. The first-order valence-electron chi connectivity index (χ1n) is 9.80. The van der Waals surface area contributed by atoms with E-state index in [2.05, 4.69) is 38.7 Å². The maximum atomic E-state index is 11.5. The van der Waals surface area contributed by atoms with Gasteiger partial charge in [0.1, 0.15) is 11.0 Å². The number of piperazine rings is 1. The van der Waals surface area contributed by atoms with Gasteiger partial charge in [0.2, 0.25) is 5.95 Å². The molecule has 4 aromatic rings. The summed E-state index contributed by atoms with van der Waals surface area (Å²) in [5.74, 6) is 0.504. The fourth-order valence-corrected chi connectivity index (χ4v) is 5.28. The summed E-state index contributed by atoms with van der Waals surface area (Å²) in [5.41, 5.74) is 1.69. The van der Waals surface area contributed by atoms with E-state index in [0.717, 1.165) is 54.7 Å². The van der Waals surface area contributed by atoms with Gasteiger partial charge in [0, 0.05) is 65.0 Å². The van der Waals surface area contributed by atoms with E-state index in [-0.39, 0.29) is 0 Å². The molecule has 30 heavy (non-hydrogen) atoms. The average Bonchev–Trinajstić information content (AvgIpc) is 3.17. The lowest BCUT2D eigenvalue weighted by Crippen LogP contribution is -2.42. The fourth-order valence-electron chi connectivity index (χ4n) is 3.72. The molecule has 0 radical (unpaired) electrons. The van der Waals surface area contributed by atoms with Crippen molar-refractivity contribution in [1.29, 1.82) is 0 Å². The molecule has 3 heterocycles. The van der Waals surface area contributed by atoms with Gasteiger partial charge in [0.25, 0.3) is 0 Å². The number of benzene rings is 2. The number of nitrogens with two attached hydrogens (primary N) is 1. The van der Waals surface area contributed by atoms with Crippen molar-refractivity contribution in [2.24, 2.45) is 5.14 Å². The van der Waals surface area contributed by atoms with Crippen LogP contribution in [0.2, 0.25) is 0 Å². The van der Waals surface area contributed by atoms with Crippen molar-refractivity contribution in [3.63, 3.8) is 0 Å². The molecule has 1 atom stereocenters. The fraction of sp³-hybridized carbons (Fsp3) is 0.238. The van der Waals surface area contributed by atoms with Crippen molar-refractivity contribution in [3.8, 4) is 0 Å². The molecule has 1 aliphatic rings. The Morgan fingerprint density at radius 1 is 1.20 bits per heavy atom. The highest BCUT2D eigenvalue weighted by Crippen LogP contribution is 2.32. The van der Waals surface area contributed by atoms with Gasteiger partial charge in [-0.3, -0.25) is 4.90 Å². The van der Waals surface area contributed by atoms with Gasteiger partial charge in [-0.1, -0.05) is 6.07 Å². The van der Waals surface area contributed by atoms with E-state index in [4.69, 9.17) is 10.1 Å². The third-order valence-electron chi connectivity index (χ3n) is 5.21. The summed E-state index contributed by atoms with van der Waals surface area (Å²) in [6, 6.07) is 13.7. The second-order valence-corrected chi connectivity index (χ2v) is 9.53. The van der Waals surface area contributed by atoms with Crippen LogP contribution in [-0.4, -0.2) is 45.3 Å². The molecule has 154 valence electrons. The third kappa shape index (κ3) is 4.07. The third-order valence-corrected chi connectivity index (χ3v) is 7.01. The lowest BCUT2D eigenvalue weighted by Gasteiger charge is -2.26. The SMILES string of the molecule is NS(=O)c1cccc(Nc2ncc3ccc4sc(CN5CCNCC5)cc4c3n2)c1. The van der Waals surface area contributed by atoms with Gasteiger partial charge < -0.3 is 10.6 Å². The smallest absolute Gasteiger partial charge is 0.227 e. The molecule has 4 N–H and O–H groups in total. The summed E-state index contributed by atoms with van der Waals surface area (Å²) < 4.78 is 12.8. The number of hydrogen-bond acceptors (Lipinski definition) is 7. The first-order valence-corrected chi connectivity index (χ1v) is 11.8. The Hall–Kier alpha value is -2.43. The van der Waals surface area contributed by atoms with Crippen LogP contribution in [0.4, 0.5) is 11.6 Å². The Bertz CT molecular complexity index is 1230. The van der Waals surface area contributed by atoms with Crippen LogP contribution < -0.4 is 15.8 Å². The molecule has 7 nitrogen and oxygen atoms in total. The topological polar surface area (TPSA) is 96.2 Å². The summed E-state index contributed by atoms with van der Waals surface area (Å²) >= 11 is 1.83. The van der Waals surface area contributed by atoms with E-state index < -0.39 is 11.0 Å². The van der Waals surface area contributed by atoms with Gasteiger partial charge in [-0.15, -0.1) is 11.3 Å². The molecule has 1 fully saturated rings. The molecule has 0 aliphatic carbocycles. The lowest BCUT2D eigenvalue weighted by atomic mass is 10.2. The zero-order valence-corrected chi connectivity index (χ0v) is 17.9. The Kier molecular flexibility index (Phi) is 5.45. The van der Waals surface area contributed by atoms with Gasteiger partial charge in [0.05, 0.1) is 10.4 Å². The summed E-state index contributed by atoms with van der Waals surface area (Å²) in [6.45, 7) is 5.24. The largest absolute Gasteiger partial charge is 0.324 e. The number of rotatable bonds is 5. The molecule has 9 heteroatoms. The molecular formula is C21H22N6OS2. The minimum atomic E-state index is -1.53. The Balaban J connectivity index is 1.47. The van der Waals surface area contributed by atoms with Crippen molar-refractivity contribution >= 4 is 54.9 Å². The normalized spacial score (nSPS) is 16.2. The van der Waals surface area contributed by atoms with Crippen LogP contribution in [0, 0.1) is 0 Å². The number of fused-ring (bicyclic) bond motifs is 3. The van der Waals surface area contributed by atoms with Crippen molar-refractivity contribution in [3.05, 3.63) is 53.5 Å². The van der Waals surface area contributed by atoms with Gasteiger partial charge >= 0.3 is 0 Å². The first kappa shape index (κ1) is 19.5. The van der Waals surface area contributed by atoms with E-state index in [1.54, 1.807) is 12.1 Å². The van der Waals surface area contributed by atoms with Crippen molar-refractivity contribution in [1.82, 2.24) is 20.2 Å². The molecule has 2 aromatic carbocycles.